The van der Waals surface area contributed by atoms with Crippen molar-refractivity contribution in [2.75, 3.05) is 5.75 Å². The first-order valence-electron chi connectivity index (χ1n) is 4.21. The maximum absolute atomic E-state index is 10.1. The highest BCUT2D eigenvalue weighted by Crippen LogP contribution is 2.11. The lowest BCUT2D eigenvalue weighted by Gasteiger charge is -2.03. The Hall–Kier alpha value is -0.220. The highest BCUT2D eigenvalue weighted by Gasteiger charge is 2.11. The summed E-state index contributed by atoms with van der Waals surface area (Å²) in [4.78, 5) is 10.1. The summed E-state index contributed by atoms with van der Waals surface area (Å²) in [5.41, 5.74) is -1.24. The summed E-state index contributed by atoms with van der Waals surface area (Å²) in [6.07, 6.45) is 4.47. The highest BCUT2D eigenvalue weighted by atomic mass is 32.2. The molecule has 0 heterocycles. The Kier molecular flexibility index (Phi) is 7.29. The Bertz CT molecular complexity index is 127. The molecule has 2 N–H and O–H groups in total. The minimum Gasteiger partial charge on any atom is -0.479 e. The van der Waals surface area contributed by atoms with Crippen LogP contribution in [0.1, 0.15) is 32.6 Å². The summed E-state index contributed by atoms with van der Waals surface area (Å²) in [6.45, 7) is 2.12. The van der Waals surface area contributed by atoms with E-state index in [0.717, 1.165) is 30.4 Å². The van der Waals surface area contributed by atoms with Crippen molar-refractivity contribution in [3.05, 3.63) is 0 Å². The molecular formula is C8H16O3S. The molecule has 0 aromatic heterocycles. The normalized spacial score (nSPS) is 12.8. The fraction of sp³-hybridized carbons (Fsp3) is 0.875. The molecule has 0 aliphatic rings. The number of hydrogen-bond donors (Lipinski definition) is 2. The first-order chi connectivity index (χ1) is 5.68. The summed E-state index contributed by atoms with van der Waals surface area (Å²) < 4.78 is 0. The zero-order valence-electron chi connectivity index (χ0n) is 7.32. The predicted molar refractivity (Wildman–Crippen MR) is 50.2 cm³/mol. The minimum absolute atomic E-state index is 0.730. The van der Waals surface area contributed by atoms with Gasteiger partial charge in [-0.05, 0) is 12.2 Å². The third kappa shape index (κ3) is 6.49. The van der Waals surface area contributed by atoms with Crippen LogP contribution < -0.4 is 0 Å². The van der Waals surface area contributed by atoms with Crippen molar-refractivity contribution in [2.24, 2.45) is 0 Å². The molecule has 0 rings (SSSR count). The van der Waals surface area contributed by atoms with Gasteiger partial charge in [-0.1, -0.05) is 26.2 Å². The molecule has 0 saturated heterocycles. The second-order valence-corrected chi connectivity index (χ2v) is 3.81. The monoisotopic (exact) mass is 192 g/mol. The molecule has 0 radical (unpaired) electrons. The highest BCUT2D eigenvalue weighted by molar-refractivity contribution is 8.00. The number of aliphatic hydroxyl groups is 1. The fourth-order valence-electron chi connectivity index (χ4n) is 0.795. The van der Waals surface area contributed by atoms with E-state index < -0.39 is 11.4 Å². The average molecular weight is 192 g/mol. The molecule has 1 atom stereocenters. The van der Waals surface area contributed by atoms with E-state index >= 15 is 0 Å². The topological polar surface area (TPSA) is 57.5 Å². The minimum atomic E-state index is -1.24. The number of carbonyl (C=O) groups is 1. The van der Waals surface area contributed by atoms with E-state index in [1.807, 2.05) is 0 Å². The molecule has 0 bridgehead atoms. The number of carboxylic acids is 1. The summed E-state index contributed by atoms with van der Waals surface area (Å²) in [5.74, 6) is -0.413. The van der Waals surface area contributed by atoms with Crippen molar-refractivity contribution < 1.29 is 15.0 Å². The Balaban J connectivity index is 3.14. The van der Waals surface area contributed by atoms with E-state index in [4.69, 9.17) is 10.2 Å². The molecule has 0 aromatic rings. The van der Waals surface area contributed by atoms with Crippen LogP contribution >= 0.6 is 11.8 Å². The first kappa shape index (κ1) is 11.8. The Morgan fingerprint density at radius 2 is 2.08 bits per heavy atom. The van der Waals surface area contributed by atoms with Gasteiger partial charge in [0, 0.05) is 0 Å². The van der Waals surface area contributed by atoms with Gasteiger partial charge < -0.3 is 10.2 Å². The molecule has 72 valence electrons. The lowest BCUT2D eigenvalue weighted by atomic mass is 10.2. The van der Waals surface area contributed by atoms with Crippen LogP contribution in [0.5, 0.6) is 0 Å². The van der Waals surface area contributed by atoms with Crippen LogP contribution in [0.4, 0.5) is 0 Å². The number of thioether (sulfide) groups is 1. The van der Waals surface area contributed by atoms with Gasteiger partial charge in [0.05, 0.1) is 0 Å². The lowest BCUT2D eigenvalue weighted by Crippen LogP contribution is -2.15. The molecular weight excluding hydrogens is 176 g/mol. The van der Waals surface area contributed by atoms with Crippen molar-refractivity contribution in [1.29, 1.82) is 0 Å². The number of rotatable bonds is 7. The summed E-state index contributed by atoms with van der Waals surface area (Å²) in [6, 6.07) is 0. The molecule has 0 aliphatic carbocycles. The van der Waals surface area contributed by atoms with Crippen molar-refractivity contribution in [3.8, 4) is 0 Å². The van der Waals surface area contributed by atoms with Crippen molar-refractivity contribution in [3.63, 3.8) is 0 Å². The number of aliphatic carboxylic acids is 1. The fourth-order valence-corrected chi connectivity index (χ4v) is 1.53. The maximum Gasteiger partial charge on any atom is 0.343 e. The SMILES string of the molecule is CCCCCCSC(O)C(=O)O. The van der Waals surface area contributed by atoms with Gasteiger partial charge in [-0.25, -0.2) is 4.79 Å². The number of aliphatic hydroxyl groups excluding tert-OH is 1. The number of carboxylic acid groups (broad SMARTS) is 1. The van der Waals surface area contributed by atoms with Crippen LogP contribution in [0.3, 0.4) is 0 Å². The van der Waals surface area contributed by atoms with E-state index in [0.29, 0.717) is 0 Å². The summed E-state index contributed by atoms with van der Waals surface area (Å²) in [5, 5.41) is 17.2. The van der Waals surface area contributed by atoms with Gasteiger partial charge in [-0.3, -0.25) is 0 Å². The summed E-state index contributed by atoms with van der Waals surface area (Å²) in [7, 11) is 0. The van der Waals surface area contributed by atoms with Gasteiger partial charge in [0.15, 0.2) is 5.44 Å². The van der Waals surface area contributed by atoms with Gasteiger partial charge in [0.25, 0.3) is 0 Å². The molecule has 0 spiro atoms. The van der Waals surface area contributed by atoms with E-state index in [-0.39, 0.29) is 0 Å². The van der Waals surface area contributed by atoms with Gasteiger partial charge in [-0.2, -0.15) is 0 Å². The van der Waals surface area contributed by atoms with E-state index in [1.165, 1.54) is 12.8 Å². The molecule has 0 aromatic carbocycles. The van der Waals surface area contributed by atoms with E-state index in [2.05, 4.69) is 6.92 Å². The van der Waals surface area contributed by atoms with Crippen LogP contribution in [-0.4, -0.2) is 27.4 Å². The lowest BCUT2D eigenvalue weighted by molar-refractivity contribution is -0.141. The second-order valence-electron chi connectivity index (χ2n) is 2.62. The van der Waals surface area contributed by atoms with Crippen LogP contribution in [0.2, 0.25) is 0 Å². The average Bonchev–Trinajstić information content (AvgIpc) is 2.03. The van der Waals surface area contributed by atoms with Gasteiger partial charge in [0.1, 0.15) is 0 Å². The zero-order valence-corrected chi connectivity index (χ0v) is 8.14. The molecule has 12 heavy (non-hydrogen) atoms. The van der Waals surface area contributed by atoms with Crippen LogP contribution in [0.15, 0.2) is 0 Å². The zero-order chi connectivity index (χ0) is 9.40. The molecule has 0 aliphatic heterocycles. The molecule has 0 fully saturated rings. The smallest absolute Gasteiger partial charge is 0.343 e. The van der Waals surface area contributed by atoms with Gasteiger partial charge >= 0.3 is 5.97 Å². The van der Waals surface area contributed by atoms with Gasteiger partial charge in [-0.15, -0.1) is 11.8 Å². The Morgan fingerprint density at radius 1 is 1.42 bits per heavy atom. The molecule has 0 saturated carbocycles. The Morgan fingerprint density at radius 3 is 2.58 bits per heavy atom. The quantitative estimate of drug-likeness (QED) is 0.476. The number of unbranched alkanes of at least 4 members (excludes halogenated alkanes) is 3. The van der Waals surface area contributed by atoms with Crippen LogP contribution in [0.25, 0.3) is 0 Å². The van der Waals surface area contributed by atoms with Crippen molar-refractivity contribution in [2.45, 2.75) is 38.0 Å². The molecule has 4 heteroatoms. The second kappa shape index (κ2) is 7.43. The first-order valence-corrected chi connectivity index (χ1v) is 5.25. The standard InChI is InChI=1S/C8H16O3S/c1-2-3-4-5-6-12-8(11)7(9)10/h8,11H,2-6H2,1H3,(H,9,10). The largest absolute Gasteiger partial charge is 0.479 e. The molecule has 3 nitrogen and oxygen atoms in total. The van der Waals surface area contributed by atoms with Crippen LogP contribution in [0, 0.1) is 0 Å². The van der Waals surface area contributed by atoms with Crippen molar-refractivity contribution >= 4 is 17.7 Å². The van der Waals surface area contributed by atoms with Crippen LogP contribution in [-0.2, 0) is 4.79 Å². The van der Waals surface area contributed by atoms with E-state index in [9.17, 15) is 4.79 Å². The number of hydrogen-bond acceptors (Lipinski definition) is 3. The molecule has 0 amide bonds. The summed E-state index contributed by atoms with van der Waals surface area (Å²) >= 11 is 1.09. The third-order valence-corrected chi connectivity index (χ3v) is 2.53. The Labute approximate surface area is 77.2 Å². The predicted octanol–water partition coefficient (Wildman–Crippen LogP) is 1.70. The van der Waals surface area contributed by atoms with Gasteiger partial charge in [0.2, 0.25) is 0 Å². The third-order valence-electron chi connectivity index (χ3n) is 1.48. The van der Waals surface area contributed by atoms with Crippen molar-refractivity contribution in [1.82, 2.24) is 0 Å². The van der Waals surface area contributed by atoms with E-state index in [1.54, 1.807) is 0 Å². The maximum atomic E-state index is 10.1. The molecule has 1 unspecified atom stereocenters.